The van der Waals surface area contributed by atoms with E-state index in [4.69, 9.17) is 23.2 Å². The maximum atomic E-state index is 12.6. The van der Waals surface area contributed by atoms with E-state index in [9.17, 15) is 21.6 Å². The molecule has 9 heteroatoms. The number of benzene rings is 1. The molecule has 0 aliphatic carbocycles. The third-order valence-corrected chi connectivity index (χ3v) is 3.45. The van der Waals surface area contributed by atoms with Crippen LogP contribution < -0.4 is 5.14 Å². The van der Waals surface area contributed by atoms with Crippen molar-refractivity contribution >= 4 is 33.2 Å². The van der Waals surface area contributed by atoms with Crippen molar-refractivity contribution in [3.8, 4) is 0 Å². The van der Waals surface area contributed by atoms with Crippen molar-refractivity contribution < 1.29 is 21.6 Å². The van der Waals surface area contributed by atoms with Crippen LogP contribution in [0.5, 0.6) is 0 Å². The normalized spacial score (nSPS) is 14.7. The molecule has 0 fully saturated rings. The number of primary sulfonamides is 1. The lowest BCUT2D eigenvalue weighted by molar-refractivity contribution is -0.131. The van der Waals surface area contributed by atoms with Gasteiger partial charge in [-0.05, 0) is 23.8 Å². The van der Waals surface area contributed by atoms with E-state index in [1.165, 1.54) is 6.07 Å². The molecule has 2 N–H and O–H groups in total. The number of halogens is 5. The Balaban J connectivity index is 3.44. The van der Waals surface area contributed by atoms with Crippen molar-refractivity contribution in [2.45, 2.75) is 11.4 Å². The van der Waals surface area contributed by atoms with E-state index in [0.29, 0.717) is 0 Å². The van der Waals surface area contributed by atoms with E-state index >= 15 is 0 Å². The summed E-state index contributed by atoms with van der Waals surface area (Å²) in [5.74, 6) is 0. The first kappa shape index (κ1) is 14.6. The van der Waals surface area contributed by atoms with Crippen molar-refractivity contribution in [3.05, 3.63) is 33.8 Å². The molecule has 1 aromatic rings. The Labute approximate surface area is 105 Å². The predicted molar refractivity (Wildman–Crippen MR) is 58.4 cm³/mol. The predicted octanol–water partition coefficient (Wildman–Crippen LogP) is 2.89. The number of alkyl halides is 3. The van der Waals surface area contributed by atoms with Gasteiger partial charge in [-0.2, -0.15) is 13.2 Å². The summed E-state index contributed by atoms with van der Waals surface area (Å²) >= 11 is 11.0. The summed E-state index contributed by atoms with van der Waals surface area (Å²) in [7, 11) is -4.85. The molecule has 0 aliphatic heterocycles. The third kappa shape index (κ3) is 3.74. The summed E-state index contributed by atoms with van der Waals surface area (Å²) < 4.78 is 59.8. The molecule has 0 amide bonds. The average Bonchev–Trinajstić information content (AvgIpc) is 1.93. The number of hydrogen-bond acceptors (Lipinski definition) is 2. The number of rotatable bonds is 2. The molecule has 0 bridgehead atoms. The Kier molecular flexibility index (Phi) is 3.97. The van der Waals surface area contributed by atoms with Crippen LogP contribution in [0.2, 0.25) is 10.0 Å². The lowest BCUT2D eigenvalue weighted by atomic mass is 10.1. The Bertz CT molecular complexity index is 510. The lowest BCUT2D eigenvalue weighted by Crippen LogP contribution is -2.33. The first-order valence-electron chi connectivity index (χ1n) is 4.06. The summed E-state index contributed by atoms with van der Waals surface area (Å²) in [6, 6.07) is 2.90. The lowest BCUT2D eigenvalue weighted by Gasteiger charge is -2.18. The van der Waals surface area contributed by atoms with Crippen LogP contribution >= 0.6 is 23.2 Å². The molecule has 0 aromatic heterocycles. The molecule has 0 aliphatic rings. The quantitative estimate of drug-likeness (QED) is 0.913. The zero-order valence-corrected chi connectivity index (χ0v) is 10.3. The van der Waals surface area contributed by atoms with Gasteiger partial charge in [0.1, 0.15) is 0 Å². The van der Waals surface area contributed by atoms with E-state index in [0.717, 1.165) is 12.1 Å². The zero-order chi connectivity index (χ0) is 13.4. The van der Waals surface area contributed by atoms with Crippen molar-refractivity contribution in [1.29, 1.82) is 0 Å². The zero-order valence-electron chi connectivity index (χ0n) is 8.00. The fraction of sp³-hybridized carbons (Fsp3) is 0.250. The molecule has 1 atom stereocenters. The minimum atomic E-state index is -5.04. The van der Waals surface area contributed by atoms with Gasteiger partial charge in [-0.3, -0.25) is 0 Å². The van der Waals surface area contributed by atoms with Gasteiger partial charge in [0.15, 0.2) is 5.25 Å². The van der Waals surface area contributed by atoms with Gasteiger partial charge < -0.3 is 0 Å². The second-order valence-corrected chi connectivity index (χ2v) is 5.74. The van der Waals surface area contributed by atoms with E-state index in [1.807, 2.05) is 0 Å². The molecule has 3 nitrogen and oxygen atoms in total. The minimum absolute atomic E-state index is 0.106. The molecule has 0 saturated carbocycles. The van der Waals surface area contributed by atoms with Gasteiger partial charge in [0.25, 0.3) is 0 Å². The number of hydrogen-bond donors (Lipinski definition) is 1. The molecule has 0 spiro atoms. The fourth-order valence-electron chi connectivity index (χ4n) is 1.29. The molecule has 0 heterocycles. The molecule has 0 saturated heterocycles. The monoisotopic (exact) mass is 307 g/mol. The first-order chi connectivity index (χ1) is 7.51. The molecule has 0 radical (unpaired) electrons. The highest BCUT2D eigenvalue weighted by Gasteiger charge is 2.48. The average molecular weight is 308 g/mol. The maximum absolute atomic E-state index is 12.6. The van der Waals surface area contributed by atoms with Crippen LogP contribution in [0.25, 0.3) is 0 Å². The number of sulfonamides is 1. The molecule has 1 rings (SSSR count). The van der Waals surface area contributed by atoms with E-state index < -0.39 is 27.0 Å². The first-order valence-corrected chi connectivity index (χ1v) is 6.42. The van der Waals surface area contributed by atoms with Crippen molar-refractivity contribution in [2.75, 3.05) is 0 Å². The Morgan fingerprint density at radius 2 is 1.53 bits per heavy atom. The molecule has 1 aromatic carbocycles. The van der Waals surface area contributed by atoms with Gasteiger partial charge in [0.2, 0.25) is 10.0 Å². The van der Waals surface area contributed by atoms with Crippen LogP contribution in [0.3, 0.4) is 0 Å². The molecule has 96 valence electrons. The standard InChI is InChI=1S/C8H6Cl2F3NO2S/c9-5-1-4(2-6(10)3-5)7(8(11,12)13)17(14,15)16/h1-3,7H,(H2,14,15,16). The highest BCUT2D eigenvalue weighted by Crippen LogP contribution is 2.39. The molecule has 1 unspecified atom stereocenters. The van der Waals surface area contributed by atoms with E-state index in [2.05, 4.69) is 5.14 Å². The van der Waals surface area contributed by atoms with Gasteiger partial charge in [0, 0.05) is 10.0 Å². The third-order valence-electron chi connectivity index (χ3n) is 1.81. The van der Waals surface area contributed by atoms with E-state index in [1.54, 1.807) is 0 Å². The second kappa shape index (κ2) is 4.64. The summed E-state index contributed by atoms with van der Waals surface area (Å²) in [5.41, 5.74) is -0.613. The van der Waals surface area contributed by atoms with Gasteiger partial charge in [-0.15, -0.1) is 0 Å². The fourth-order valence-corrected chi connectivity index (χ4v) is 2.72. The van der Waals surface area contributed by atoms with Crippen molar-refractivity contribution in [3.63, 3.8) is 0 Å². The largest absolute Gasteiger partial charge is 0.410 e. The van der Waals surface area contributed by atoms with Crippen LogP contribution in [-0.4, -0.2) is 14.6 Å². The summed E-state index contributed by atoms with van der Waals surface area (Å²) in [5, 5.41) is 1.51. The van der Waals surface area contributed by atoms with E-state index in [-0.39, 0.29) is 10.0 Å². The second-order valence-electron chi connectivity index (χ2n) is 3.21. The van der Waals surface area contributed by atoms with Crippen LogP contribution in [0.1, 0.15) is 10.8 Å². The topological polar surface area (TPSA) is 60.2 Å². The van der Waals surface area contributed by atoms with Crippen LogP contribution in [0.4, 0.5) is 13.2 Å². The number of nitrogens with two attached hydrogens (primary N) is 1. The smallest absolute Gasteiger partial charge is 0.228 e. The van der Waals surface area contributed by atoms with Crippen molar-refractivity contribution in [1.82, 2.24) is 0 Å². The van der Waals surface area contributed by atoms with Gasteiger partial charge in [-0.1, -0.05) is 23.2 Å². The van der Waals surface area contributed by atoms with Crippen LogP contribution in [-0.2, 0) is 10.0 Å². The Morgan fingerprint density at radius 3 is 1.82 bits per heavy atom. The molecule has 17 heavy (non-hydrogen) atoms. The Hall–Kier alpha value is -0.500. The minimum Gasteiger partial charge on any atom is -0.228 e. The van der Waals surface area contributed by atoms with Crippen LogP contribution in [0, 0.1) is 0 Å². The Morgan fingerprint density at radius 1 is 1.12 bits per heavy atom. The van der Waals surface area contributed by atoms with Crippen molar-refractivity contribution in [2.24, 2.45) is 5.14 Å². The van der Waals surface area contributed by atoms with Gasteiger partial charge in [-0.25, -0.2) is 13.6 Å². The highest BCUT2D eigenvalue weighted by atomic mass is 35.5. The molecular formula is C8H6Cl2F3NO2S. The summed E-state index contributed by atoms with van der Waals surface area (Å²) in [6.07, 6.45) is -5.04. The molecular weight excluding hydrogens is 302 g/mol. The van der Waals surface area contributed by atoms with Crippen LogP contribution in [0.15, 0.2) is 18.2 Å². The van der Waals surface area contributed by atoms with Gasteiger partial charge >= 0.3 is 6.18 Å². The summed E-state index contributed by atoms with van der Waals surface area (Å²) in [6.45, 7) is 0. The highest BCUT2D eigenvalue weighted by molar-refractivity contribution is 7.89. The SMILES string of the molecule is NS(=O)(=O)C(c1cc(Cl)cc(Cl)c1)C(F)(F)F. The van der Waals surface area contributed by atoms with Gasteiger partial charge in [0.05, 0.1) is 0 Å². The summed E-state index contributed by atoms with van der Waals surface area (Å²) in [4.78, 5) is 0. The maximum Gasteiger partial charge on any atom is 0.410 e.